The molecule has 1 aliphatic carbocycles. The summed E-state index contributed by atoms with van der Waals surface area (Å²) in [7, 11) is 0. The van der Waals surface area contributed by atoms with Crippen molar-refractivity contribution in [3.05, 3.63) is 83.6 Å². The van der Waals surface area contributed by atoms with Gasteiger partial charge in [0, 0.05) is 42.6 Å². The van der Waals surface area contributed by atoms with Gasteiger partial charge in [-0.2, -0.15) is 13.2 Å². The van der Waals surface area contributed by atoms with E-state index in [9.17, 15) is 27.9 Å². The fourth-order valence-corrected chi connectivity index (χ4v) is 5.82. The molecule has 2 heterocycles. The lowest BCUT2D eigenvalue weighted by Gasteiger charge is -2.40. The van der Waals surface area contributed by atoms with E-state index in [2.05, 4.69) is 20.5 Å². The van der Waals surface area contributed by atoms with Crippen LogP contribution in [0, 0.1) is 0 Å². The van der Waals surface area contributed by atoms with Gasteiger partial charge in [-0.25, -0.2) is 0 Å². The molecule has 1 atom stereocenters. The number of nitrogens with one attached hydrogen (secondary N) is 3. The molecule has 7 nitrogen and oxygen atoms in total. The van der Waals surface area contributed by atoms with Gasteiger partial charge in [0.2, 0.25) is 5.91 Å². The van der Waals surface area contributed by atoms with Crippen LogP contribution in [0.15, 0.2) is 66.9 Å². The van der Waals surface area contributed by atoms with Gasteiger partial charge in [-0.15, -0.1) is 0 Å². The molecule has 0 unspecified atom stereocenters. The molecule has 10 heteroatoms. The number of hydrogen-bond acceptors (Lipinski definition) is 4. The number of carbonyl (C=O) groups is 2. The van der Waals surface area contributed by atoms with Crippen LogP contribution < -0.4 is 10.6 Å². The molecule has 2 fully saturated rings. The molecule has 0 radical (unpaired) electrons. The Labute approximate surface area is 230 Å². The second kappa shape index (κ2) is 11.5. The maximum absolute atomic E-state index is 12.9. The van der Waals surface area contributed by atoms with Gasteiger partial charge in [-0.1, -0.05) is 30.3 Å². The van der Waals surface area contributed by atoms with Crippen LogP contribution in [0.5, 0.6) is 0 Å². The van der Waals surface area contributed by atoms with Gasteiger partial charge in [0.15, 0.2) is 0 Å². The highest BCUT2D eigenvalue weighted by atomic mass is 19.4. The zero-order valence-corrected chi connectivity index (χ0v) is 22.0. The largest absolute Gasteiger partial charge is 0.416 e. The van der Waals surface area contributed by atoms with Gasteiger partial charge < -0.3 is 20.7 Å². The van der Waals surface area contributed by atoms with Crippen molar-refractivity contribution in [2.75, 3.05) is 19.6 Å². The van der Waals surface area contributed by atoms with Crippen LogP contribution in [0.3, 0.4) is 0 Å². The molecule has 4 N–H and O–H groups in total. The third-order valence-corrected chi connectivity index (χ3v) is 8.08. The summed E-state index contributed by atoms with van der Waals surface area (Å²) >= 11 is 0. The summed E-state index contributed by atoms with van der Waals surface area (Å²) in [4.78, 5) is 30.2. The number of aromatic nitrogens is 1. The average molecular weight is 555 g/mol. The summed E-state index contributed by atoms with van der Waals surface area (Å²) in [6.45, 7) is 1.20. The molecule has 0 spiro atoms. The maximum Gasteiger partial charge on any atom is 0.416 e. The van der Waals surface area contributed by atoms with Crippen LogP contribution in [0.4, 0.5) is 13.2 Å². The van der Waals surface area contributed by atoms with Gasteiger partial charge in [0.25, 0.3) is 5.91 Å². The Balaban J connectivity index is 1.06. The number of rotatable bonds is 7. The minimum atomic E-state index is -4.55. The van der Waals surface area contributed by atoms with Crippen molar-refractivity contribution in [1.29, 1.82) is 0 Å². The quantitative estimate of drug-likeness (QED) is 0.347. The Morgan fingerprint density at radius 3 is 2.45 bits per heavy atom. The number of nitrogens with zero attached hydrogens (tertiary/aromatic N) is 1. The number of aliphatic hydroxyl groups is 1. The summed E-state index contributed by atoms with van der Waals surface area (Å²) in [5.41, 5.74) is 1.13. The van der Waals surface area contributed by atoms with Crippen molar-refractivity contribution < 1.29 is 27.9 Å². The van der Waals surface area contributed by atoms with Crippen LogP contribution in [-0.2, 0) is 16.6 Å². The van der Waals surface area contributed by atoms with Crippen LogP contribution in [0.2, 0.25) is 0 Å². The molecule has 2 amide bonds. The molecule has 40 heavy (non-hydrogen) atoms. The van der Waals surface area contributed by atoms with Crippen molar-refractivity contribution >= 4 is 11.8 Å². The normalized spacial score (nSPS) is 23.6. The van der Waals surface area contributed by atoms with Crippen molar-refractivity contribution in [2.45, 2.75) is 56.0 Å². The Morgan fingerprint density at radius 1 is 1.02 bits per heavy atom. The van der Waals surface area contributed by atoms with Crippen molar-refractivity contribution in [2.24, 2.45) is 0 Å². The molecule has 2 aromatic carbocycles. The summed E-state index contributed by atoms with van der Waals surface area (Å²) in [6.07, 6.45) is 1.13. The van der Waals surface area contributed by atoms with Crippen LogP contribution in [0.25, 0.3) is 11.3 Å². The Morgan fingerprint density at radius 2 is 1.77 bits per heavy atom. The van der Waals surface area contributed by atoms with Gasteiger partial charge in [0.1, 0.15) is 0 Å². The number of H-pyrrole nitrogens is 1. The molecule has 212 valence electrons. The van der Waals surface area contributed by atoms with Crippen LogP contribution in [-0.4, -0.2) is 58.5 Å². The summed E-state index contributed by atoms with van der Waals surface area (Å²) < 4.78 is 38.7. The summed E-state index contributed by atoms with van der Waals surface area (Å²) in [6, 6.07) is 16.4. The van der Waals surface area contributed by atoms with E-state index in [1.165, 1.54) is 6.07 Å². The minimum absolute atomic E-state index is 0.0701. The zero-order chi connectivity index (χ0) is 28.3. The molecule has 0 bridgehead atoms. The molecule has 2 aliphatic rings. The van der Waals surface area contributed by atoms with E-state index in [-0.39, 0.29) is 24.1 Å². The highest BCUT2D eigenvalue weighted by molar-refractivity contribution is 5.96. The van der Waals surface area contributed by atoms with E-state index in [4.69, 9.17) is 0 Å². The molecular weight excluding hydrogens is 521 g/mol. The molecule has 5 rings (SSSR count). The molecule has 1 saturated carbocycles. The van der Waals surface area contributed by atoms with E-state index in [0.29, 0.717) is 25.4 Å². The first-order valence-electron chi connectivity index (χ1n) is 13.6. The molecule has 3 aromatic rings. The van der Waals surface area contributed by atoms with Crippen LogP contribution >= 0.6 is 0 Å². The molecular formula is C30H33F3N4O3. The molecule has 1 saturated heterocycles. The number of amides is 2. The van der Waals surface area contributed by atoms with Crippen LogP contribution in [0.1, 0.15) is 53.6 Å². The SMILES string of the molecule is O=C(CNC(=O)c1cccc(C(F)(F)F)c1)N[C@@H]1CCN(C2CCC(O)(c3ccc(-c4ccc[nH]4)cc3)CC2)C1. The van der Waals surface area contributed by atoms with Crippen molar-refractivity contribution in [1.82, 2.24) is 20.5 Å². The smallest absolute Gasteiger partial charge is 0.385 e. The number of benzene rings is 2. The second-order valence-electron chi connectivity index (χ2n) is 10.7. The highest BCUT2D eigenvalue weighted by Gasteiger charge is 2.38. The van der Waals surface area contributed by atoms with E-state index in [0.717, 1.165) is 60.8 Å². The third-order valence-electron chi connectivity index (χ3n) is 8.08. The lowest BCUT2D eigenvalue weighted by Crippen LogP contribution is -2.45. The first kappa shape index (κ1) is 27.9. The Bertz CT molecular complexity index is 1320. The van der Waals surface area contributed by atoms with E-state index < -0.39 is 23.2 Å². The number of likely N-dealkylation sites (tertiary alicyclic amines) is 1. The number of alkyl halides is 3. The average Bonchev–Trinajstić information content (AvgIpc) is 3.65. The second-order valence-corrected chi connectivity index (χ2v) is 10.7. The number of aromatic amines is 1. The standard InChI is InChI=1S/C30H33F3N4O3/c31-30(32,33)23-4-1-3-21(17-23)28(39)35-18-27(38)36-24-12-16-37(19-24)25-10-13-29(40,14-11-25)22-8-6-20(7-9-22)26-5-2-15-34-26/h1-9,15,17,24-25,34,40H,10-14,16,18-19H2,(H,35,39)(H,36,38)/t24-,25?,29?/m1/s1. The summed E-state index contributed by atoms with van der Waals surface area (Å²) in [5, 5.41) is 16.7. The monoisotopic (exact) mass is 554 g/mol. The molecule has 1 aromatic heterocycles. The number of hydrogen-bond donors (Lipinski definition) is 4. The van der Waals surface area contributed by atoms with Crippen molar-refractivity contribution in [3.63, 3.8) is 0 Å². The lowest BCUT2D eigenvalue weighted by molar-refractivity contribution is -0.137. The van der Waals surface area contributed by atoms with Gasteiger partial charge >= 0.3 is 6.18 Å². The van der Waals surface area contributed by atoms with Gasteiger partial charge in [-0.05, 0) is 73.6 Å². The predicted molar refractivity (Wildman–Crippen MR) is 144 cm³/mol. The van der Waals surface area contributed by atoms with Gasteiger partial charge in [-0.3, -0.25) is 14.5 Å². The Hall–Kier alpha value is -3.63. The van der Waals surface area contributed by atoms with Crippen molar-refractivity contribution in [3.8, 4) is 11.3 Å². The third kappa shape index (κ3) is 6.39. The van der Waals surface area contributed by atoms with E-state index in [1.54, 1.807) is 0 Å². The fourth-order valence-electron chi connectivity index (χ4n) is 5.82. The number of halogens is 3. The zero-order valence-electron chi connectivity index (χ0n) is 22.0. The maximum atomic E-state index is 12.9. The fraction of sp³-hybridized carbons (Fsp3) is 0.400. The number of carbonyl (C=O) groups excluding carboxylic acids is 2. The van der Waals surface area contributed by atoms with E-state index in [1.807, 2.05) is 42.6 Å². The lowest BCUT2D eigenvalue weighted by atomic mass is 9.77. The first-order valence-corrected chi connectivity index (χ1v) is 13.6. The summed E-state index contributed by atoms with van der Waals surface area (Å²) in [5.74, 6) is -1.11. The minimum Gasteiger partial charge on any atom is -0.385 e. The predicted octanol–water partition coefficient (Wildman–Crippen LogP) is 4.45. The first-order chi connectivity index (χ1) is 19.1. The molecule has 1 aliphatic heterocycles. The van der Waals surface area contributed by atoms with Gasteiger partial charge in [0.05, 0.1) is 17.7 Å². The topological polar surface area (TPSA) is 97.5 Å². The highest BCUT2D eigenvalue weighted by Crippen LogP contribution is 2.40. The van der Waals surface area contributed by atoms with E-state index >= 15 is 0 Å². The Kier molecular flexibility index (Phi) is 8.00.